The largest absolute Gasteiger partial charge is 0.379 e. The Hall–Kier alpha value is -1.47. The fourth-order valence-corrected chi connectivity index (χ4v) is 1.93. The zero-order chi connectivity index (χ0) is 13.0. The van der Waals surface area contributed by atoms with Crippen LogP contribution < -0.4 is 11.1 Å². The summed E-state index contributed by atoms with van der Waals surface area (Å²) >= 11 is 0. The van der Waals surface area contributed by atoms with Gasteiger partial charge in [0.2, 0.25) is 5.95 Å². The molecule has 0 amide bonds. The van der Waals surface area contributed by atoms with E-state index in [1.54, 1.807) is 0 Å². The molecule has 1 saturated heterocycles. The predicted molar refractivity (Wildman–Crippen MR) is 66.7 cm³/mol. The lowest BCUT2D eigenvalue weighted by Gasteiger charge is -2.29. The average molecular weight is 255 g/mol. The van der Waals surface area contributed by atoms with E-state index < -0.39 is 5.82 Å². The molecule has 1 fully saturated rings. The van der Waals surface area contributed by atoms with Crippen LogP contribution >= 0.6 is 0 Å². The summed E-state index contributed by atoms with van der Waals surface area (Å²) in [7, 11) is 0. The van der Waals surface area contributed by atoms with Crippen LogP contribution in [0.3, 0.4) is 0 Å². The number of anilines is 2. The molecule has 0 radical (unpaired) electrons. The van der Waals surface area contributed by atoms with Crippen LogP contribution in [0.15, 0.2) is 6.20 Å². The van der Waals surface area contributed by atoms with Crippen molar-refractivity contribution in [3.8, 4) is 0 Å². The van der Waals surface area contributed by atoms with Crippen molar-refractivity contribution in [3.63, 3.8) is 0 Å². The second-order valence-corrected chi connectivity index (χ2v) is 4.38. The summed E-state index contributed by atoms with van der Waals surface area (Å²) in [5.74, 6) is -0.265. The number of nitrogen functional groups attached to an aromatic ring is 1. The highest BCUT2D eigenvalue weighted by Gasteiger charge is 2.15. The summed E-state index contributed by atoms with van der Waals surface area (Å²) in [6.45, 7) is 6.10. The minimum absolute atomic E-state index is 0.0671. The molecule has 100 valence electrons. The molecule has 7 heteroatoms. The van der Waals surface area contributed by atoms with Crippen molar-refractivity contribution in [2.75, 3.05) is 43.9 Å². The number of hydrogen-bond acceptors (Lipinski definition) is 6. The molecule has 0 spiro atoms. The summed E-state index contributed by atoms with van der Waals surface area (Å²) in [5.41, 5.74) is 5.43. The van der Waals surface area contributed by atoms with Gasteiger partial charge < -0.3 is 15.8 Å². The second-order valence-electron chi connectivity index (χ2n) is 4.38. The van der Waals surface area contributed by atoms with Gasteiger partial charge in [0.1, 0.15) is 0 Å². The minimum atomic E-state index is -0.488. The molecule has 0 saturated carbocycles. The summed E-state index contributed by atoms with van der Waals surface area (Å²) in [4.78, 5) is 9.70. The van der Waals surface area contributed by atoms with Gasteiger partial charge >= 0.3 is 0 Å². The Labute approximate surface area is 105 Å². The lowest BCUT2D eigenvalue weighted by atomic mass is 10.3. The Morgan fingerprint density at radius 1 is 1.56 bits per heavy atom. The van der Waals surface area contributed by atoms with Gasteiger partial charge in [0.15, 0.2) is 11.6 Å². The molecule has 0 aliphatic carbocycles. The summed E-state index contributed by atoms with van der Waals surface area (Å²) in [6, 6.07) is 0.0758. The van der Waals surface area contributed by atoms with Gasteiger partial charge in [-0.1, -0.05) is 0 Å². The first-order valence-corrected chi connectivity index (χ1v) is 6.00. The van der Waals surface area contributed by atoms with Crippen LogP contribution in [-0.4, -0.2) is 53.8 Å². The number of halogens is 1. The fraction of sp³-hybridized carbons (Fsp3) is 0.636. The van der Waals surface area contributed by atoms with Crippen LogP contribution in [0.2, 0.25) is 0 Å². The lowest BCUT2D eigenvalue weighted by Crippen LogP contribution is -2.42. The Balaban J connectivity index is 1.89. The molecular weight excluding hydrogens is 237 g/mol. The number of rotatable bonds is 4. The zero-order valence-electron chi connectivity index (χ0n) is 10.4. The molecule has 1 aromatic heterocycles. The molecule has 1 aromatic rings. The van der Waals surface area contributed by atoms with E-state index in [0.29, 0.717) is 0 Å². The topological polar surface area (TPSA) is 76.3 Å². The molecule has 2 rings (SSSR count). The molecular formula is C11H18FN5O. The molecule has 6 nitrogen and oxygen atoms in total. The number of nitrogens with two attached hydrogens (primary N) is 1. The number of hydrogen-bond donors (Lipinski definition) is 2. The Morgan fingerprint density at radius 3 is 3.00 bits per heavy atom. The number of morpholine rings is 1. The molecule has 0 aromatic carbocycles. The minimum Gasteiger partial charge on any atom is -0.379 e. The quantitative estimate of drug-likeness (QED) is 0.807. The summed E-state index contributed by atoms with van der Waals surface area (Å²) < 4.78 is 18.7. The third kappa shape index (κ3) is 3.51. The van der Waals surface area contributed by atoms with E-state index in [-0.39, 0.29) is 17.8 Å². The molecule has 3 N–H and O–H groups in total. The van der Waals surface area contributed by atoms with Gasteiger partial charge in [-0.25, -0.2) is 9.37 Å². The van der Waals surface area contributed by atoms with Gasteiger partial charge in [0, 0.05) is 25.7 Å². The smallest absolute Gasteiger partial charge is 0.222 e. The van der Waals surface area contributed by atoms with E-state index in [4.69, 9.17) is 10.5 Å². The van der Waals surface area contributed by atoms with Crippen LogP contribution in [0.4, 0.5) is 16.2 Å². The van der Waals surface area contributed by atoms with Gasteiger partial charge in [-0.2, -0.15) is 4.98 Å². The van der Waals surface area contributed by atoms with Gasteiger partial charge in [-0.3, -0.25) is 4.90 Å². The first-order valence-electron chi connectivity index (χ1n) is 6.00. The van der Waals surface area contributed by atoms with Crippen molar-refractivity contribution in [2.24, 2.45) is 0 Å². The van der Waals surface area contributed by atoms with Crippen molar-refractivity contribution >= 4 is 11.8 Å². The van der Waals surface area contributed by atoms with Crippen molar-refractivity contribution in [1.29, 1.82) is 0 Å². The van der Waals surface area contributed by atoms with Crippen LogP contribution in [0.25, 0.3) is 0 Å². The number of ether oxygens (including phenoxy) is 1. The summed E-state index contributed by atoms with van der Waals surface area (Å²) in [6.07, 6.45) is 1.08. The third-order valence-corrected chi connectivity index (χ3v) is 2.78. The van der Waals surface area contributed by atoms with Gasteiger partial charge in [0.25, 0.3) is 0 Å². The molecule has 18 heavy (non-hydrogen) atoms. The Morgan fingerprint density at radius 2 is 2.28 bits per heavy atom. The highest BCUT2D eigenvalue weighted by Crippen LogP contribution is 2.12. The van der Waals surface area contributed by atoms with Gasteiger partial charge in [-0.15, -0.1) is 0 Å². The molecule has 1 aliphatic heterocycles. The molecule has 1 unspecified atom stereocenters. The van der Waals surface area contributed by atoms with Gasteiger partial charge in [-0.05, 0) is 6.92 Å². The highest BCUT2D eigenvalue weighted by atomic mass is 19.1. The molecule has 2 heterocycles. The first-order chi connectivity index (χ1) is 8.65. The SMILES string of the molecule is CC(CN1CCOCC1)Nc1nc(N)ncc1F. The number of aromatic nitrogens is 2. The van der Waals surface area contributed by atoms with E-state index in [2.05, 4.69) is 20.2 Å². The van der Waals surface area contributed by atoms with Gasteiger partial charge in [0.05, 0.1) is 19.4 Å². The monoisotopic (exact) mass is 255 g/mol. The van der Waals surface area contributed by atoms with Crippen molar-refractivity contribution in [3.05, 3.63) is 12.0 Å². The fourth-order valence-electron chi connectivity index (χ4n) is 1.93. The maximum absolute atomic E-state index is 13.4. The highest BCUT2D eigenvalue weighted by molar-refractivity contribution is 5.39. The lowest BCUT2D eigenvalue weighted by molar-refractivity contribution is 0.0368. The predicted octanol–water partition coefficient (Wildman–Crippen LogP) is 0.330. The third-order valence-electron chi connectivity index (χ3n) is 2.78. The normalized spacial score (nSPS) is 18.6. The summed E-state index contributed by atoms with van der Waals surface area (Å²) in [5, 5.41) is 3.01. The van der Waals surface area contributed by atoms with E-state index in [1.165, 1.54) is 0 Å². The number of nitrogens with zero attached hydrogens (tertiary/aromatic N) is 3. The van der Waals surface area contributed by atoms with Crippen molar-refractivity contribution in [1.82, 2.24) is 14.9 Å². The Bertz CT molecular complexity index is 397. The molecule has 1 aliphatic rings. The molecule has 0 bridgehead atoms. The zero-order valence-corrected chi connectivity index (χ0v) is 10.4. The maximum atomic E-state index is 13.4. The van der Waals surface area contributed by atoms with Crippen molar-refractivity contribution < 1.29 is 9.13 Å². The van der Waals surface area contributed by atoms with Crippen molar-refractivity contribution in [2.45, 2.75) is 13.0 Å². The average Bonchev–Trinajstić information content (AvgIpc) is 2.35. The van der Waals surface area contributed by atoms with Crippen LogP contribution in [-0.2, 0) is 4.74 Å². The van der Waals surface area contributed by atoms with E-state index in [1.807, 2.05) is 6.92 Å². The van der Waals surface area contributed by atoms with Crippen LogP contribution in [0.5, 0.6) is 0 Å². The molecule has 1 atom stereocenters. The number of nitrogens with one attached hydrogen (secondary N) is 1. The van der Waals surface area contributed by atoms with E-state index in [9.17, 15) is 4.39 Å². The Kier molecular flexibility index (Phi) is 4.27. The van der Waals surface area contributed by atoms with Crippen LogP contribution in [0, 0.1) is 5.82 Å². The van der Waals surface area contributed by atoms with E-state index >= 15 is 0 Å². The maximum Gasteiger partial charge on any atom is 0.222 e. The van der Waals surface area contributed by atoms with Crippen LogP contribution in [0.1, 0.15) is 6.92 Å². The standard InChI is InChI=1S/C11H18FN5O/c1-8(7-17-2-4-18-5-3-17)15-10-9(12)6-14-11(13)16-10/h6,8H,2-5,7H2,1H3,(H3,13,14,15,16). The van der Waals surface area contributed by atoms with E-state index in [0.717, 1.165) is 39.0 Å². The second kappa shape index (κ2) is 5.92. The first kappa shape index (κ1) is 13.0.